The Balaban J connectivity index is 2.00. The van der Waals surface area contributed by atoms with Crippen LogP contribution in [0.2, 0.25) is 0 Å². The average molecular weight is 295 g/mol. The number of nitrogens with two attached hydrogens (primary N) is 1. The summed E-state index contributed by atoms with van der Waals surface area (Å²) in [4.78, 5) is 12.9. The third-order valence-corrected chi connectivity index (χ3v) is 4.13. The van der Waals surface area contributed by atoms with Gasteiger partial charge < -0.3 is 15.6 Å². The maximum Gasteiger partial charge on any atom is 0.223 e. The molecule has 2 atom stereocenters. The first-order valence-electron chi connectivity index (χ1n) is 6.62. The Morgan fingerprint density at radius 2 is 2.35 bits per heavy atom. The first-order valence-corrected chi connectivity index (χ1v) is 7.60. The summed E-state index contributed by atoms with van der Waals surface area (Å²) >= 11 is 1.59. The van der Waals surface area contributed by atoms with E-state index >= 15 is 0 Å². The van der Waals surface area contributed by atoms with Crippen molar-refractivity contribution >= 4 is 28.9 Å². The molecule has 7 nitrogen and oxygen atoms in total. The lowest BCUT2D eigenvalue weighted by Gasteiger charge is -2.14. The van der Waals surface area contributed by atoms with E-state index in [1.54, 1.807) is 18.1 Å². The molecule has 2 aromatic heterocycles. The van der Waals surface area contributed by atoms with Crippen LogP contribution in [0, 0.1) is 0 Å². The first-order chi connectivity index (χ1) is 9.72. The van der Waals surface area contributed by atoms with Crippen LogP contribution in [0.25, 0.3) is 11.2 Å². The molecule has 0 saturated carbocycles. The Morgan fingerprint density at radius 1 is 1.50 bits per heavy atom. The summed E-state index contributed by atoms with van der Waals surface area (Å²) in [5.41, 5.74) is 7.22. The van der Waals surface area contributed by atoms with E-state index in [1.807, 2.05) is 4.57 Å². The molecule has 1 aliphatic heterocycles. The molecule has 1 fully saturated rings. The lowest BCUT2D eigenvalue weighted by Crippen LogP contribution is -2.14. The van der Waals surface area contributed by atoms with Crippen molar-refractivity contribution in [2.24, 2.45) is 0 Å². The van der Waals surface area contributed by atoms with Crippen molar-refractivity contribution in [2.75, 3.05) is 18.1 Å². The van der Waals surface area contributed by atoms with Crippen LogP contribution in [0.4, 0.5) is 5.95 Å². The molecule has 108 valence electrons. The third kappa shape index (κ3) is 2.34. The van der Waals surface area contributed by atoms with E-state index in [0.717, 1.165) is 29.1 Å². The van der Waals surface area contributed by atoms with Gasteiger partial charge in [0, 0.05) is 0 Å². The van der Waals surface area contributed by atoms with E-state index in [0.29, 0.717) is 5.65 Å². The van der Waals surface area contributed by atoms with Gasteiger partial charge in [0.25, 0.3) is 0 Å². The molecule has 3 N–H and O–H groups in total. The summed E-state index contributed by atoms with van der Waals surface area (Å²) in [5.74, 6) is 1.14. The summed E-state index contributed by atoms with van der Waals surface area (Å²) in [6.07, 6.45) is 3.12. The van der Waals surface area contributed by atoms with Crippen LogP contribution >= 0.6 is 11.8 Å². The number of thioether (sulfide) groups is 1. The van der Waals surface area contributed by atoms with Gasteiger partial charge in [0.15, 0.2) is 5.65 Å². The molecule has 8 heteroatoms. The standard InChI is InChI=1S/C12H17N5O2S/c1-2-20-11-9-10(15-12(13)16-11)17(6-14-9)8-4-3-7(5-18)19-8/h6-8,18H,2-5H2,1H3,(H2,13,15,16)/t7-,8+/m0/s1. The Labute approximate surface area is 120 Å². The molecule has 0 aliphatic carbocycles. The molecule has 0 spiro atoms. The minimum atomic E-state index is -0.147. The quantitative estimate of drug-likeness (QED) is 0.645. The Kier molecular flexibility index (Phi) is 3.77. The van der Waals surface area contributed by atoms with Crippen LogP contribution in [0.15, 0.2) is 11.4 Å². The van der Waals surface area contributed by atoms with Crippen molar-refractivity contribution < 1.29 is 9.84 Å². The molecule has 0 radical (unpaired) electrons. The third-order valence-electron chi connectivity index (χ3n) is 3.29. The highest BCUT2D eigenvalue weighted by atomic mass is 32.2. The highest BCUT2D eigenvalue weighted by Gasteiger charge is 2.28. The predicted octanol–water partition coefficient (Wildman–Crippen LogP) is 1.19. The normalized spacial score (nSPS) is 22.7. The molecular weight excluding hydrogens is 278 g/mol. The number of hydrogen-bond donors (Lipinski definition) is 2. The van der Waals surface area contributed by atoms with E-state index in [4.69, 9.17) is 15.6 Å². The largest absolute Gasteiger partial charge is 0.394 e. The van der Waals surface area contributed by atoms with Crippen LogP contribution in [0.3, 0.4) is 0 Å². The van der Waals surface area contributed by atoms with Gasteiger partial charge in [0.05, 0.1) is 19.0 Å². The number of imidazole rings is 1. The molecule has 1 saturated heterocycles. The van der Waals surface area contributed by atoms with Crippen LogP contribution < -0.4 is 5.73 Å². The van der Waals surface area contributed by atoms with Gasteiger partial charge in [-0.1, -0.05) is 6.92 Å². The lowest BCUT2D eigenvalue weighted by atomic mass is 10.2. The zero-order chi connectivity index (χ0) is 14.1. The molecule has 2 aromatic rings. The number of fused-ring (bicyclic) bond motifs is 1. The second kappa shape index (κ2) is 5.55. The van der Waals surface area contributed by atoms with Gasteiger partial charge in [-0.3, -0.25) is 4.57 Å². The monoisotopic (exact) mass is 295 g/mol. The van der Waals surface area contributed by atoms with E-state index < -0.39 is 0 Å². The zero-order valence-corrected chi connectivity index (χ0v) is 12.0. The van der Waals surface area contributed by atoms with Crippen molar-refractivity contribution in [1.82, 2.24) is 19.5 Å². The summed E-state index contributed by atoms with van der Waals surface area (Å²) in [5, 5.41) is 9.95. The van der Waals surface area contributed by atoms with Crippen LogP contribution in [-0.2, 0) is 4.74 Å². The number of anilines is 1. The number of nitrogen functional groups attached to an aromatic ring is 1. The number of aliphatic hydroxyl groups excluding tert-OH is 1. The highest BCUT2D eigenvalue weighted by molar-refractivity contribution is 7.99. The molecular formula is C12H17N5O2S. The summed E-state index contributed by atoms with van der Waals surface area (Å²) < 4.78 is 7.65. The minimum absolute atomic E-state index is 0.0389. The van der Waals surface area contributed by atoms with Crippen LogP contribution in [-0.4, -0.2) is 43.1 Å². The molecule has 0 aromatic carbocycles. The second-order valence-corrected chi connectivity index (χ2v) is 5.87. The Hall–Kier alpha value is -1.38. The number of aromatic nitrogens is 4. The summed E-state index contributed by atoms with van der Waals surface area (Å²) in [6, 6.07) is 0. The van der Waals surface area contributed by atoms with Gasteiger partial charge in [-0.2, -0.15) is 4.98 Å². The first kappa shape index (κ1) is 13.6. The topological polar surface area (TPSA) is 99.1 Å². The molecule has 0 unspecified atom stereocenters. The van der Waals surface area contributed by atoms with Crippen molar-refractivity contribution in [1.29, 1.82) is 0 Å². The van der Waals surface area contributed by atoms with Crippen LogP contribution in [0.1, 0.15) is 26.0 Å². The smallest absolute Gasteiger partial charge is 0.223 e. The Bertz CT molecular complexity index is 617. The number of rotatable bonds is 4. The minimum Gasteiger partial charge on any atom is -0.394 e. The van der Waals surface area contributed by atoms with Gasteiger partial charge in [0.1, 0.15) is 16.8 Å². The van der Waals surface area contributed by atoms with E-state index in [9.17, 15) is 0 Å². The van der Waals surface area contributed by atoms with Crippen LogP contribution in [0.5, 0.6) is 0 Å². The van der Waals surface area contributed by atoms with E-state index in [2.05, 4.69) is 21.9 Å². The van der Waals surface area contributed by atoms with E-state index in [1.165, 1.54) is 0 Å². The SMILES string of the molecule is CCSc1nc(N)nc2c1ncn2[C@H]1CC[C@@H](CO)O1. The maximum atomic E-state index is 9.15. The fraction of sp³-hybridized carbons (Fsp3) is 0.583. The average Bonchev–Trinajstić information content (AvgIpc) is 3.04. The molecule has 20 heavy (non-hydrogen) atoms. The van der Waals surface area contributed by atoms with Gasteiger partial charge in [-0.05, 0) is 18.6 Å². The van der Waals surface area contributed by atoms with Gasteiger partial charge >= 0.3 is 0 Å². The van der Waals surface area contributed by atoms with Gasteiger partial charge in [-0.25, -0.2) is 9.97 Å². The van der Waals surface area contributed by atoms with E-state index in [-0.39, 0.29) is 24.9 Å². The molecule has 0 amide bonds. The second-order valence-electron chi connectivity index (χ2n) is 4.62. The molecule has 1 aliphatic rings. The summed E-state index contributed by atoms with van der Waals surface area (Å²) in [6.45, 7) is 2.09. The number of aliphatic hydroxyl groups is 1. The van der Waals surface area contributed by atoms with Crippen molar-refractivity contribution in [3.63, 3.8) is 0 Å². The molecule has 0 bridgehead atoms. The van der Waals surface area contributed by atoms with Gasteiger partial charge in [0.2, 0.25) is 5.95 Å². The predicted molar refractivity (Wildman–Crippen MR) is 76.4 cm³/mol. The fourth-order valence-corrected chi connectivity index (χ4v) is 3.09. The zero-order valence-electron chi connectivity index (χ0n) is 11.2. The Morgan fingerprint density at radius 3 is 3.05 bits per heavy atom. The number of ether oxygens (including phenoxy) is 1. The van der Waals surface area contributed by atoms with Crippen molar-refractivity contribution in [3.05, 3.63) is 6.33 Å². The van der Waals surface area contributed by atoms with Crippen molar-refractivity contribution in [2.45, 2.75) is 37.1 Å². The molecule has 3 heterocycles. The highest BCUT2D eigenvalue weighted by Crippen LogP contribution is 2.32. The fourth-order valence-electron chi connectivity index (χ4n) is 2.38. The molecule has 3 rings (SSSR count). The maximum absolute atomic E-state index is 9.15. The lowest BCUT2D eigenvalue weighted by molar-refractivity contribution is -0.0207. The number of hydrogen-bond acceptors (Lipinski definition) is 7. The summed E-state index contributed by atoms with van der Waals surface area (Å²) in [7, 11) is 0. The van der Waals surface area contributed by atoms with Crippen molar-refractivity contribution in [3.8, 4) is 0 Å². The van der Waals surface area contributed by atoms with Gasteiger partial charge in [-0.15, -0.1) is 11.8 Å². The number of nitrogens with zero attached hydrogens (tertiary/aromatic N) is 4.